The highest BCUT2D eigenvalue weighted by Crippen LogP contribution is 2.41. The molecule has 8 nitrogen and oxygen atoms in total. The third-order valence-electron chi connectivity index (χ3n) is 8.32. The van der Waals surface area contributed by atoms with Gasteiger partial charge in [0.2, 0.25) is 0 Å². The summed E-state index contributed by atoms with van der Waals surface area (Å²) in [6.07, 6.45) is 8.49. The number of rotatable bonds is 4. The number of pyridine rings is 1. The lowest BCUT2D eigenvalue weighted by molar-refractivity contribution is 0.292. The summed E-state index contributed by atoms with van der Waals surface area (Å²) in [4.78, 5) is 14.1. The summed E-state index contributed by atoms with van der Waals surface area (Å²) in [6, 6.07) is 20.0. The largest absolute Gasteiger partial charge is 0.366 e. The molecule has 0 radical (unpaired) electrons. The fourth-order valence-corrected chi connectivity index (χ4v) is 6.56. The fraction of sp³-hybridized carbons (Fsp3) is 0.200. The summed E-state index contributed by atoms with van der Waals surface area (Å²) >= 11 is 6.48. The predicted molar refractivity (Wildman–Crippen MR) is 154 cm³/mol. The van der Waals surface area contributed by atoms with Gasteiger partial charge in [0.1, 0.15) is 5.69 Å². The van der Waals surface area contributed by atoms with Crippen molar-refractivity contribution in [3.63, 3.8) is 0 Å². The summed E-state index contributed by atoms with van der Waals surface area (Å²) in [7, 11) is 2.24. The molecule has 2 aromatic carbocycles. The van der Waals surface area contributed by atoms with Gasteiger partial charge >= 0.3 is 0 Å². The Labute approximate surface area is 229 Å². The molecule has 0 saturated carbocycles. The first-order chi connectivity index (χ1) is 19.2. The second kappa shape index (κ2) is 8.62. The summed E-state index contributed by atoms with van der Waals surface area (Å²) in [5.41, 5.74) is 8.62. The number of piperazine rings is 1. The van der Waals surface area contributed by atoms with Crippen LogP contribution in [0.15, 0.2) is 79.4 Å². The van der Waals surface area contributed by atoms with Crippen LogP contribution in [0, 0.1) is 0 Å². The molecule has 4 aromatic heterocycles. The standard InChI is InChI=1S/C30H25ClN8/c1-37-16-22-14-21(37)17-38(22)20-4-2-18(3-5-20)26-10-13-33-30-27(23-6-7-25(31)29-24(23)15-34-35-29)28(36-39(26)30)19-8-11-32-12-9-19/h2-13,15,21-22H,14,16-17H2,1H3,(H,34,35)/t21-,22-/m0/s1. The molecule has 1 N–H and O–H groups in total. The van der Waals surface area contributed by atoms with Crippen molar-refractivity contribution < 1.29 is 0 Å². The summed E-state index contributed by atoms with van der Waals surface area (Å²) in [6.45, 7) is 2.24. The highest BCUT2D eigenvalue weighted by molar-refractivity contribution is 6.35. The van der Waals surface area contributed by atoms with Crippen LogP contribution in [-0.4, -0.2) is 66.9 Å². The molecule has 0 amide bonds. The number of hydrogen-bond donors (Lipinski definition) is 1. The molecular formula is C30H25ClN8. The lowest BCUT2D eigenvalue weighted by Gasteiger charge is -2.33. The highest BCUT2D eigenvalue weighted by atomic mass is 35.5. The van der Waals surface area contributed by atoms with E-state index in [1.165, 1.54) is 12.1 Å². The molecule has 0 spiro atoms. The van der Waals surface area contributed by atoms with Gasteiger partial charge in [-0.05, 0) is 55.4 Å². The second-order valence-electron chi connectivity index (χ2n) is 10.5. The van der Waals surface area contributed by atoms with Crippen LogP contribution in [0.25, 0.3) is 50.2 Å². The normalized spacial score (nSPS) is 19.1. The molecule has 6 aromatic rings. The Bertz CT molecular complexity index is 1840. The SMILES string of the molecule is CN1C[C@@H]2C[C@H]1CN2c1ccc(-c2ccnc3c(-c4ccc(Cl)c5[nH]ncc45)c(-c4ccncc4)nn23)cc1. The van der Waals surface area contributed by atoms with Crippen LogP contribution >= 0.6 is 11.6 Å². The zero-order valence-corrected chi connectivity index (χ0v) is 22.0. The van der Waals surface area contributed by atoms with Crippen LogP contribution in [-0.2, 0) is 0 Å². The average Bonchev–Trinajstić information content (AvgIpc) is 3.77. The van der Waals surface area contributed by atoms with Gasteiger partial charge in [0.05, 0.1) is 28.0 Å². The molecule has 8 rings (SSSR count). The zero-order valence-electron chi connectivity index (χ0n) is 21.3. The topological polar surface area (TPSA) is 78.2 Å². The maximum absolute atomic E-state index is 6.48. The molecule has 39 heavy (non-hydrogen) atoms. The molecule has 2 aliphatic rings. The number of hydrogen-bond acceptors (Lipinski definition) is 6. The molecule has 0 aliphatic carbocycles. The Kier molecular flexibility index (Phi) is 5.02. The van der Waals surface area contributed by atoms with E-state index in [-0.39, 0.29) is 0 Å². The van der Waals surface area contributed by atoms with Crippen LogP contribution in [0.4, 0.5) is 5.69 Å². The number of aromatic amines is 1. The number of likely N-dealkylation sites (N-methyl/N-ethyl adjacent to an activating group) is 1. The Morgan fingerprint density at radius 1 is 0.897 bits per heavy atom. The zero-order chi connectivity index (χ0) is 26.1. The van der Waals surface area contributed by atoms with Crippen molar-refractivity contribution in [3.8, 4) is 33.6 Å². The quantitative estimate of drug-likeness (QED) is 0.321. The maximum atomic E-state index is 6.48. The number of H-pyrrole nitrogens is 1. The lowest BCUT2D eigenvalue weighted by atomic mass is 9.99. The lowest BCUT2D eigenvalue weighted by Crippen LogP contribution is -2.44. The van der Waals surface area contributed by atoms with Crippen LogP contribution < -0.4 is 4.90 Å². The molecule has 0 unspecified atom stereocenters. The number of nitrogens with zero attached hydrogens (tertiary/aromatic N) is 7. The maximum Gasteiger partial charge on any atom is 0.164 e. The van der Waals surface area contributed by atoms with Crippen LogP contribution in [0.3, 0.4) is 0 Å². The van der Waals surface area contributed by atoms with Crippen molar-refractivity contribution in [2.24, 2.45) is 0 Å². The number of likely N-dealkylation sites (tertiary alicyclic amines) is 1. The van der Waals surface area contributed by atoms with Gasteiger partial charge in [-0.15, -0.1) is 0 Å². The van der Waals surface area contributed by atoms with Gasteiger partial charge in [-0.25, -0.2) is 9.50 Å². The summed E-state index contributed by atoms with van der Waals surface area (Å²) in [5.74, 6) is 0. The smallest absolute Gasteiger partial charge is 0.164 e. The van der Waals surface area contributed by atoms with E-state index < -0.39 is 0 Å². The number of aromatic nitrogens is 6. The highest BCUT2D eigenvalue weighted by Gasteiger charge is 2.41. The molecule has 9 heteroatoms. The molecule has 2 bridgehead atoms. The number of halogens is 1. The molecule has 2 fully saturated rings. The first-order valence-electron chi connectivity index (χ1n) is 13.1. The molecule has 6 heterocycles. The number of benzene rings is 2. The third kappa shape index (κ3) is 3.48. The second-order valence-corrected chi connectivity index (χ2v) is 10.9. The van der Waals surface area contributed by atoms with Crippen molar-refractivity contribution in [3.05, 3.63) is 84.4 Å². The Morgan fingerprint density at radius 3 is 2.51 bits per heavy atom. The van der Waals surface area contributed by atoms with E-state index in [0.29, 0.717) is 17.1 Å². The van der Waals surface area contributed by atoms with E-state index in [9.17, 15) is 0 Å². The summed E-state index contributed by atoms with van der Waals surface area (Å²) in [5, 5.41) is 14.0. The Morgan fingerprint density at radius 2 is 1.74 bits per heavy atom. The first-order valence-corrected chi connectivity index (χ1v) is 13.5. The monoisotopic (exact) mass is 532 g/mol. The number of anilines is 1. The van der Waals surface area contributed by atoms with E-state index >= 15 is 0 Å². The van der Waals surface area contributed by atoms with Crippen LogP contribution in [0.2, 0.25) is 5.02 Å². The average molecular weight is 533 g/mol. The van der Waals surface area contributed by atoms with Gasteiger partial charge in [-0.3, -0.25) is 15.0 Å². The van der Waals surface area contributed by atoms with Crippen LogP contribution in [0.1, 0.15) is 6.42 Å². The van der Waals surface area contributed by atoms with Crippen molar-refractivity contribution in [2.45, 2.75) is 18.5 Å². The summed E-state index contributed by atoms with van der Waals surface area (Å²) < 4.78 is 1.95. The van der Waals surface area contributed by atoms with Gasteiger partial charge in [0, 0.05) is 66.0 Å². The van der Waals surface area contributed by atoms with Gasteiger partial charge in [0.15, 0.2) is 5.65 Å². The fourth-order valence-electron chi connectivity index (χ4n) is 6.35. The van der Waals surface area contributed by atoms with E-state index in [2.05, 4.69) is 56.3 Å². The van der Waals surface area contributed by atoms with E-state index in [1.807, 2.05) is 47.2 Å². The van der Waals surface area contributed by atoms with Gasteiger partial charge in [0.25, 0.3) is 0 Å². The van der Waals surface area contributed by atoms with Crippen molar-refractivity contribution in [2.75, 3.05) is 25.0 Å². The minimum Gasteiger partial charge on any atom is -0.366 e. The predicted octanol–water partition coefficient (Wildman–Crippen LogP) is 5.55. The third-order valence-corrected chi connectivity index (χ3v) is 8.63. The Balaban J connectivity index is 1.29. The molecule has 2 atom stereocenters. The van der Waals surface area contributed by atoms with Crippen molar-refractivity contribution in [1.82, 2.24) is 34.7 Å². The number of fused-ring (bicyclic) bond motifs is 4. The van der Waals surface area contributed by atoms with Crippen molar-refractivity contribution in [1.29, 1.82) is 0 Å². The molecular weight excluding hydrogens is 508 g/mol. The van der Waals surface area contributed by atoms with Gasteiger partial charge in [-0.1, -0.05) is 29.8 Å². The molecule has 192 valence electrons. The van der Waals surface area contributed by atoms with E-state index in [1.54, 1.807) is 12.4 Å². The number of nitrogens with one attached hydrogen (secondary N) is 1. The Hall–Kier alpha value is -4.27. The van der Waals surface area contributed by atoms with Gasteiger partial charge in [-0.2, -0.15) is 10.2 Å². The molecule has 2 aliphatic heterocycles. The minimum atomic E-state index is 0.606. The van der Waals surface area contributed by atoms with Gasteiger partial charge < -0.3 is 4.90 Å². The minimum absolute atomic E-state index is 0.606. The molecule has 2 saturated heterocycles. The van der Waals surface area contributed by atoms with Crippen molar-refractivity contribution >= 4 is 33.8 Å². The van der Waals surface area contributed by atoms with E-state index in [4.69, 9.17) is 21.7 Å². The first kappa shape index (κ1) is 22.7. The van der Waals surface area contributed by atoms with E-state index in [0.717, 1.165) is 63.3 Å². The van der Waals surface area contributed by atoms with Crippen LogP contribution in [0.5, 0.6) is 0 Å².